The zero-order chi connectivity index (χ0) is 14.5. The van der Waals surface area contributed by atoms with Gasteiger partial charge in [0, 0.05) is 17.6 Å². The third kappa shape index (κ3) is 4.33. The number of hydrogen-bond donors (Lipinski definition) is 0. The van der Waals surface area contributed by atoms with Gasteiger partial charge in [0.25, 0.3) is 0 Å². The van der Waals surface area contributed by atoms with Gasteiger partial charge in [-0.1, -0.05) is 19.2 Å². The molecule has 0 heterocycles. The quantitative estimate of drug-likeness (QED) is 0.749. The molecule has 0 fully saturated rings. The van der Waals surface area contributed by atoms with Crippen molar-refractivity contribution in [1.82, 2.24) is 0 Å². The van der Waals surface area contributed by atoms with Crippen molar-refractivity contribution in [2.24, 2.45) is 0 Å². The molecule has 0 atom stereocenters. The van der Waals surface area contributed by atoms with Crippen LogP contribution in [0.1, 0.15) is 0 Å². The number of benzene rings is 1. The molecular formula is C13H14FNO3S. The number of anilines is 1. The molecule has 102 valence electrons. The Balaban J connectivity index is 3.00. The average Bonchev–Trinajstić information content (AvgIpc) is 2.38. The van der Waals surface area contributed by atoms with Crippen molar-refractivity contribution in [2.45, 2.75) is 0 Å². The Bertz CT molecular complexity index is 596. The van der Waals surface area contributed by atoms with Gasteiger partial charge in [0.15, 0.2) is 9.84 Å². The van der Waals surface area contributed by atoms with Gasteiger partial charge in [0.2, 0.25) is 5.91 Å². The number of rotatable bonds is 6. The highest BCUT2D eigenvalue weighted by Crippen LogP contribution is 2.16. The van der Waals surface area contributed by atoms with Gasteiger partial charge in [0.05, 0.1) is 5.75 Å². The lowest BCUT2D eigenvalue weighted by Crippen LogP contribution is -2.33. The molecule has 0 aliphatic carbocycles. The molecule has 0 aromatic heterocycles. The Morgan fingerprint density at radius 1 is 1.37 bits per heavy atom. The lowest BCUT2D eigenvalue weighted by molar-refractivity contribution is -0.114. The Kier molecular flexibility index (Phi) is 5.00. The van der Waals surface area contributed by atoms with E-state index in [9.17, 15) is 17.6 Å². The molecule has 0 saturated heterocycles. The lowest BCUT2D eigenvalue weighted by Gasteiger charge is -2.20. The summed E-state index contributed by atoms with van der Waals surface area (Å²) in [5, 5.41) is 0.829. The predicted molar refractivity (Wildman–Crippen MR) is 72.9 cm³/mol. The molecule has 0 aliphatic rings. The van der Waals surface area contributed by atoms with E-state index in [1.165, 1.54) is 18.2 Å². The van der Waals surface area contributed by atoms with Crippen molar-refractivity contribution in [3.63, 3.8) is 0 Å². The number of halogens is 1. The lowest BCUT2D eigenvalue weighted by atomic mass is 10.2. The summed E-state index contributed by atoms with van der Waals surface area (Å²) in [6.07, 6.45) is 1.05. The highest BCUT2D eigenvalue weighted by molar-refractivity contribution is 7.94. The minimum absolute atomic E-state index is 0.0946. The molecule has 0 spiro atoms. The molecule has 0 bridgehead atoms. The van der Waals surface area contributed by atoms with Crippen molar-refractivity contribution < 1.29 is 17.6 Å². The van der Waals surface area contributed by atoms with E-state index in [0.29, 0.717) is 0 Å². The summed E-state index contributed by atoms with van der Waals surface area (Å²) in [5.41, 5.74) is 0.282. The Morgan fingerprint density at radius 3 is 2.58 bits per heavy atom. The van der Waals surface area contributed by atoms with Gasteiger partial charge in [-0.25, -0.2) is 12.8 Å². The molecule has 1 aromatic carbocycles. The second-order valence-corrected chi connectivity index (χ2v) is 5.77. The molecule has 19 heavy (non-hydrogen) atoms. The van der Waals surface area contributed by atoms with Crippen LogP contribution >= 0.6 is 0 Å². The molecule has 1 aromatic rings. The second kappa shape index (κ2) is 6.29. The molecule has 4 nitrogen and oxygen atoms in total. The first-order chi connectivity index (χ1) is 8.89. The van der Waals surface area contributed by atoms with E-state index < -0.39 is 21.6 Å². The Hall–Kier alpha value is -1.95. The maximum atomic E-state index is 13.1. The molecule has 0 unspecified atom stereocenters. The molecule has 0 N–H and O–H groups in total. The first kappa shape index (κ1) is 15.1. The smallest absolute Gasteiger partial charge is 0.250 e. The van der Waals surface area contributed by atoms with Gasteiger partial charge < -0.3 is 4.90 Å². The van der Waals surface area contributed by atoms with Crippen LogP contribution in [0.3, 0.4) is 0 Å². The standard InChI is InChI=1S/C13H14FNO3S/c1-3-13(16)15(8-9-19(17,18)4-2)12-7-5-6-11(14)10-12/h3-7,10H,1-2,8-9H2. The fraction of sp³-hybridized carbons (Fsp3) is 0.154. The van der Waals surface area contributed by atoms with Crippen LogP contribution in [0.25, 0.3) is 0 Å². The Labute approximate surface area is 111 Å². The number of amides is 1. The minimum Gasteiger partial charge on any atom is -0.308 e. The second-order valence-electron chi connectivity index (χ2n) is 3.71. The number of hydrogen-bond acceptors (Lipinski definition) is 3. The Morgan fingerprint density at radius 2 is 2.05 bits per heavy atom. The van der Waals surface area contributed by atoms with Gasteiger partial charge in [-0.2, -0.15) is 0 Å². The summed E-state index contributed by atoms with van der Waals surface area (Å²) in [7, 11) is -3.43. The molecule has 0 aliphatic heterocycles. The summed E-state index contributed by atoms with van der Waals surface area (Å²) < 4.78 is 35.9. The van der Waals surface area contributed by atoms with Crippen LogP contribution in [0.2, 0.25) is 0 Å². The van der Waals surface area contributed by atoms with Gasteiger partial charge in [-0.05, 0) is 24.3 Å². The van der Waals surface area contributed by atoms with E-state index in [-0.39, 0.29) is 18.0 Å². The van der Waals surface area contributed by atoms with Crippen molar-refractivity contribution >= 4 is 21.4 Å². The van der Waals surface area contributed by atoms with Crippen LogP contribution in [-0.2, 0) is 14.6 Å². The molecule has 0 radical (unpaired) electrons. The van der Waals surface area contributed by atoms with Crippen molar-refractivity contribution in [2.75, 3.05) is 17.2 Å². The van der Waals surface area contributed by atoms with Crippen LogP contribution in [0, 0.1) is 5.82 Å². The largest absolute Gasteiger partial charge is 0.308 e. The van der Waals surface area contributed by atoms with Crippen molar-refractivity contribution in [3.8, 4) is 0 Å². The van der Waals surface area contributed by atoms with E-state index >= 15 is 0 Å². The molecule has 1 amide bonds. The normalized spacial score (nSPS) is 10.8. The number of carbonyl (C=O) groups excluding carboxylic acids is 1. The number of sulfone groups is 1. The molecule has 1 rings (SSSR count). The molecule has 6 heteroatoms. The summed E-state index contributed by atoms with van der Waals surface area (Å²) in [5.74, 6) is -1.29. The maximum Gasteiger partial charge on any atom is 0.250 e. The summed E-state index contributed by atoms with van der Waals surface area (Å²) >= 11 is 0. The van der Waals surface area contributed by atoms with Gasteiger partial charge in [0.1, 0.15) is 5.82 Å². The zero-order valence-corrected chi connectivity index (χ0v) is 11.1. The van der Waals surface area contributed by atoms with E-state index in [1.807, 2.05) is 0 Å². The fourth-order valence-electron chi connectivity index (χ4n) is 1.42. The monoisotopic (exact) mass is 283 g/mol. The maximum absolute atomic E-state index is 13.1. The van der Waals surface area contributed by atoms with Crippen LogP contribution < -0.4 is 4.90 Å². The third-order valence-corrected chi connectivity index (χ3v) is 3.67. The molecular weight excluding hydrogens is 269 g/mol. The average molecular weight is 283 g/mol. The summed E-state index contributed by atoms with van der Waals surface area (Å²) in [6, 6.07) is 5.35. The van der Waals surface area contributed by atoms with Gasteiger partial charge in [-0.15, -0.1) is 0 Å². The first-order valence-electron chi connectivity index (χ1n) is 5.44. The van der Waals surface area contributed by atoms with E-state index in [4.69, 9.17) is 0 Å². The summed E-state index contributed by atoms with van der Waals surface area (Å²) in [6.45, 7) is 6.44. The highest BCUT2D eigenvalue weighted by atomic mass is 32.2. The van der Waals surface area contributed by atoms with E-state index in [1.54, 1.807) is 0 Å². The van der Waals surface area contributed by atoms with Crippen molar-refractivity contribution in [1.29, 1.82) is 0 Å². The minimum atomic E-state index is -3.43. The summed E-state index contributed by atoms with van der Waals surface area (Å²) in [4.78, 5) is 12.8. The zero-order valence-electron chi connectivity index (χ0n) is 10.3. The SMILES string of the molecule is C=CC(=O)N(CCS(=O)(=O)C=C)c1cccc(F)c1. The first-order valence-corrected chi connectivity index (χ1v) is 7.16. The number of nitrogens with zero attached hydrogens (tertiary/aromatic N) is 1. The molecule has 0 saturated carbocycles. The topological polar surface area (TPSA) is 54.5 Å². The predicted octanol–water partition coefficient (Wildman–Crippen LogP) is 1.90. The van der Waals surface area contributed by atoms with Gasteiger partial charge in [-0.3, -0.25) is 4.79 Å². The van der Waals surface area contributed by atoms with Crippen LogP contribution in [-0.4, -0.2) is 26.6 Å². The van der Waals surface area contributed by atoms with Crippen LogP contribution in [0.15, 0.2) is 48.9 Å². The van der Waals surface area contributed by atoms with E-state index in [0.717, 1.165) is 22.5 Å². The van der Waals surface area contributed by atoms with E-state index in [2.05, 4.69) is 13.2 Å². The third-order valence-electron chi connectivity index (χ3n) is 2.41. The van der Waals surface area contributed by atoms with Crippen molar-refractivity contribution in [3.05, 3.63) is 54.7 Å². The van der Waals surface area contributed by atoms with Gasteiger partial charge >= 0.3 is 0 Å². The van der Waals surface area contributed by atoms with Crippen LogP contribution in [0.4, 0.5) is 10.1 Å². The fourth-order valence-corrected chi connectivity index (χ4v) is 2.03. The highest BCUT2D eigenvalue weighted by Gasteiger charge is 2.16. The van der Waals surface area contributed by atoms with Crippen LogP contribution in [0.5, 0.6) is 0 Å². The number of carbonyl (C=O) groups is 1.